The van der Waals surface area contributed by atoms with Gasteiger partial charge in [0.25, 0.3) is 0 Å². The van der Waals surface area contributed by atoms with Gasteiger partial charge in [-0.1, -0.05) is 11.6 Å². The number of carboxylic acids is 1. The van der Waals surface area contributed by atoms with Crippen molar-refractivity contribution in [2.75, 3.05) is 0 Å². The molecular formula is C11H6ClF3N2O3. The average Bonchev–Trinajstić information content (AvgIpc) is 2.64. The minimum Gasteiger partial charge on any atom is -0.478 e. The molecule has 0 saturated carbocycles. The molecule has 0 amide bonds. The van der Waals surface area contributed by atoms with Gasteiger partial charge in [0.15, 0.2) is 11.4 Å². The topological polar surface area (TPSA) is 71.7 Å². The van der Waals surface area contributed by atoms with Crippen molar-refractivity contribution < 1.29 is 27.9 Å². The number of hydrogen-bond acceptors (Lipinski definition) is 3. The lowest BCUT2D eigenvalue weighted by Crippen LogP contribution is -2.11. The fourth-order valence-electron chi connectivity index (χ4n) is 1.67. The van der Waals surface area contributed by atoms with Crippen molar-refractivity contribution in [3.05, 3.63) is 34.2 Å². The Labute approximate surface area is 114 Å². The Morgan fingerprint density at radius 2 is 2.00 bits per heavy atom. The lowest BCUT2D eigenvalue weighted by atomic mass is 10.2. The molecule has 0 fully saturated rings. The summed E-state index contributed by atoms with van der Waals surface area (Å²) in [5.41, 5.74) is -2.84. The zero-order valence-electron chi connectivity index (χ0n) is 9.82. The van der Waals surface area contributed by atoms with Crippen LogP contribution in [0, 0.1) is 0 Å². The summed E-state index contributed by atoms with van der Waals surface area (Å²) in [6.45, 7) is 1.10. The number of pyridine rings is 1. The zero-order chi connectivity index (χ0) is 15.2. The third-order valence-corrected chi connectivity index (χ3v) is 2.91. The number of hydrogen-bond donors (Lipinski definition) is 1. The highest BCUT2D eigenvalue weighted by Crippen LogP contribution is 2.34. The molecule has 0 aliphatic rings. The maximum Gasteiger partial charge on any atom is 0.420 e. The predicted molar refractivity (Wildman–Crippen MR) is 62.2 cm³/mol. The summed E-state index contributed by atoms with van der Waals surface area (Å²) in [7, 11) is 0. The van der Waals surface area contributed by atoms with Crippen LogP contribution in [0.4, 0.5) is 13.2 Å². The fourth-order valence-corrected chi connectivity index (χ4v) is 1.97. The molecular weight excluding hydrogens is 301 g/mol. The maximum atomic E-state index is 12.9. The Balaban J connectivity index is 2.93. The first-order valence-electron chi connectivity index (χ1n) is 5.16. The molecule has 0 bridgehead atoms. The molecule has 1 N–H and O–H groups in total. The van der Waals surface area contributed by atoms with Crippen LogP contribution in [0.5, 0.6) is 0 Å². The summed E-state index contributed by atoms with van der Waals surface area (Å²) < 4.78 is 39.5. The molecule has 20 heavy (non-hydrogen) atoms. The molecule has 2 aromatic heterocycles. The van der Waals surface area contributed by atoms with E-state index in [0.29, 0.717) is 6.07 Å². The van der Waals surface area contributed by atoms with Crippen LogP contribution in [-0.2, 0) is 6.18 Å². The monoisotopic (exact) mass is 306 g/mol. The van der Waals surface area contributed by atoms with Crippen molar-refractivity contribution in [1.29, 1.82) is 0 Å². The normalized spacial score (nSPS) is 11.8. The molecule has 2 rings (SSSR count). The average molecular weight is 307 g/mol. The number of carbonyl (C=O) groups excluding carboxylic acids is 1. The predicted octanol–water partition coefficient (Wildman–Crippen LogP) is 2.91. The van der Waals surface area contributed by atoms with Crippen LogP contribution in [-0.4, -0.2) is 26.2 Å². The van der Waals surface area contributed by atoms with Crippen LogP contribution in [0.3, 0.4) is 0 Å². The van der Waals surface area contributed by atoms with Gasteiger partial charge in [0, 0.05) is 13.1 Å². The van der Waals surface area contributed by atoms with Gasteiger partial charge in [-0.3, -0.25) is 9.20 Å². The van der Waals surface area contributed by atoms with Crippen molar-refractivity contribution in [3.63, 3.8) is 0 Å². The molecule has 2 heterocycles. The highest BCUT2D eigenvalue weighted by Gasteiger charge is 2.36. The molecule has 9 heteroatoms. The van der Waals surface area contributed by atoms with Gasteiger partial charge >= 0.3 is 12.1 Å². The Bertz CT molecular complexity index is 737. The third kappa shape index (κ3) is 2.22. The molecule has 0 spiro atoms. The minimum absolute atomic E-state index is 0.347. The van der Waals surface area contributed by atoms with Crippen molar-refractivity contribution in [2.24, 2.45) is 0 Å². The molecule has 0 aromatic carbocycles. The van der Waals surface area contributed by atoms with Crippen LogP contribution in [0.2, 0.25) is 5.15 Å². The largest absolute Gasteiger partial charge is 0.478 e. The number of aromatic nitrogens is 2. The summed E-state index contributed by atoms with van der Waals surface area (Å²) >= 11 is 5.77. The van der Waals surface area contributed by atoms with Crippen LogP contribution >= 0.6 is 11.6 Å². The summed E-state index contributed by atoms with van der Waals surface area (Å²) in [6.07, 6.45) is -3.94. The van der Waals surface area contributed by atoms with E-state index in [1.165, 1.54) is 0 Å². The Morgan fingerprint density at radius 3 is 2.45 bits per heavy atom. The molecule has 0 aliphatic heterocycles. The summed E-state index contributed by atoms with van der Waals surface area (Å²) in [5, 5.41) is 8.47. The van der Waals surface area contributed by atoms with Gasteiger partial charge in [-0.05, 0) is 6.07 Å². The minimum atomic E-state index is -4.82. The fraction of sp³-hybridized carbons (Fsp3) is 0.182. The van der Waals surface area contributed by atoms with Crippen LogP contribution in [0.15, 0.2) is 12.3 Å². The maximum absolute atomic E-state index is 12.9. The molecule has 0 radical (unpaired) electrons. The summed E-state index contributed by atoms with van der Waals surface area (Å²) in [4.78, 5) is 25.7. The smallest absolute Gasteiger partial charge is 0.420 e. The van der Waals surface area contributed by atoms with Gasteiger partial charge < -0.3 is 5.11 Å². The second kappa shape index (κ2) is 4.48. The number of fused-ring (bicyclic) bond motifs is 1. The number of halogens is 4. The zero-order valence-corrected chi connectivity index (χ0v) is 10.6. The SMILES string of the molecule is CC(=O)c1nc2c(C(F)(F)F)cc(C(=O)O)cn2c1Cl. The summed E-state index contributed by atoms with van der Waals surface area (Å²) in [6, 6.07) is 0.449. The molecule has 2 aromatic rings. The van der Waals surface area contributed by atoms with Gasteiger partial charge in [-0.15, -0.1) is 0 Å². The number of alkyl halides is 3. The van der Waals surface area contributed by atoms with E-state index in [4.69, 9.17) is 16.7 Å². The van der Waals surface area contributed by atoms with Gasteiger partial charge in [0.05, 0.1) is 11.1 Å². The highest BCUT2D eigenvalue weighted by molar-refractivity contribution is 6.33. The lowest BCUT2D eigenvalue weighted by molar-refractivity contribution is -0.136. The first-order chi connectivity index (χ1) is 9.12. The van der Waals surface area contributed by atoms with Gasteiger partial charge in [-0.2, -0.15) is 13.2 Å². The Kier molecular flexibility index (Phi) is 3.21. The highest BCUT2D eigenvalue weighted by atomic mass is 35.5. The lowest BCUT2D eigenvalue weighted by Gasteiger charge is -2.09. The Hall–Kier alpha value is -2.09. The number of rotatable bonds is 2. The van der Waals surface area contributed by atoms with E-state index in [1.54, 1.807) is 0 Å². The van der Waals surface area contributed by atoms with E-state index in [9.17, 15) is 22.8 Å². The second-order valence-electron chi connectivity index (χ2n) is 3.95. The van der Waals surface area contributed by atoms with E-state index in [2.05, 4.69) is 4.98 Å². The van der Waals surface area contributed by atoms with Crippen LogP contribution < -0.4 is 0 Å². The van der Waals surface area contributed by atoms with Gasteiger partial charge in [-0.25, -0.2) is 9.78 Å². The second-order valence-corrected chi connectivity index (χ2v) is 4.30. The van der Waals surface area contributed by atoms with Crippen molar-refractivity contribution in [3.8, 4) is 0 Å². The quantitative estimate of drug-likeness (QED) is 0.866. The van der Waals surface area contributed by atoms with Crippen LogP contribution in [0.25, 0.3) is 5.65 Å². The van der Waals surface area contributed by atoms with Crippen molar-refractivity contribution in [1.82, 2.24) is 9.38 Å². The van der Waals surface area contributed by atoms with Crippen molar-refractivity contribution >= 4 is 29.0 Å². The van der Waals surface area contributed by atoms with E-state index < -0.39 is 34.7 Å². The molecule has 0 unspecified atom stereocenters. The molecule has 5 nitrogen and oxygen atoms in total. The third-order valence-electron chi connectivity index (χ3n) is 2.55. The number of ketones is 1. The van der Waals surface area contributed by atoms with Crippen LogP contribution in [0.1, 0.15) is 33.3 Å². The number of aromatic carboxylic acids is 1. The first-order valence-corrected chi connectivity index (χ1v) is 5.53. The molecule has 0 aliphatic carbocycles. The van der Waals surface area contributed by atoms with E-state index in [-0.39, 0.29) is 10.8 Å². The number of Topliss-reactive ketones (excluding diaryl/α,β-unsaturated/α-hetero) is 1. The Morgan fingerprint density at radius 1 is 1.40 bits per heavy atom. The first kappa shape index (κ1) is 14.3. The van der Waals surface area contributed by atoms with E-state index in [0.717, 1.165) is 17.5 Å². The van der Waals surface area contributed by atoms with Gasteiger partial charge in [0.1, 0.15) is 10.8 Å². The number of imidazole rings is 1. The summed E-state index contributed by atoms with van der Waals surface area (Å²) in [5.74, 6) is -2.17. The molecule has 0 saturated heterocycles. The van der Waals surface area contributed by atoms with Gasteiger partial charge in [0.2, 0.25) is 0 Å². The molecule has 106 valence electrons. The molecule has 0 atom stereocenters. The number of carboxylic acid groups (broad SMARTS) is 1. The van der Waals surface area contributed by atoms with E-state index in [1.807, 2.05) is 0 Å². The number of carbonyl (C=O) groups is 2. The van der Waals surface area contributed by atoms with Crippen molar-refractivity contribution in [2.45, 2.75) is 13.1 Å². The standard InChI is InChI=1S/C11H6ClF3N2O3/c1-4(18)7-8(12)17-3-5(10(19)20)2-6(9(17)16-7)11(13,14)15/h2-3H,1H3,(H,19,20). The number of nitrogens with zero attached hydrogens (tertiary/aromatic N) is 2. The van der Waals surface area contributed by atoms with E-state index >= 15 is 0 Å².